The number of thioether (sulfide) groups is 1. The molecule has 0 aromatic carbocycles. The number of hydrogen-bond donors (Lipinski definition) is 1. The van der Waals surface area contributed by atoms with E-state index in [1.54, 1.807) is 23.1 Å². The van der Waals surface area contributed by atoms with E-state index in [0.29, 0.717) is 5.69 Å². The van der Waals surface area contributed by atoms with Crippen molar-refractivity contribution in [2.75, 3.05) is 6.26 Å². The molecule has 2 rings (SSSR count). The van der Waals surface area contributed by atoms with E-state index in [1.807, 2.05) is 12.3 Å². The molecule has 0 radical (unpaired) electrons. The van der Waals surface area contributed by atoms with E-state index in [9.17, 15) is 0 Å². The molecule has 0 atom stereocenters. The lowest BCUT2D eigenvalue weighted by Crippen LogP contribution is -1.88. The molecule has 0 saturated carbocycles. The summed E-state index contributed by atoms with van der Waals surface area (Å²) in [6.45, 7) is 0. The third kappa shape index (κ3) is 1.69. The van der Waals surface area contributed by atoms with Crippen molar-refractivity contribution in [1.82, 2.24) is 9.97 Å². The van der Waals surface area contributed by atoms with Crippen LogP contribution in [0.1, 0.15) is 5.69 Å². The molecule has 0 spiro atoms. The van der Waals surface area contributed by atoms with Crippen molar-refractivity contribution in [1.29, 1.82) is 5.41 Å². The molecule has 6 heteroatoms. The zero-order valence-corrected chi connectivity index (χ0v) is 10.5. The van der Waals surface area contributed by atoms with Crippen LogP contribution in [0.25, 0.3) is 10.3 Å². The van der Waals surface area contributed by atoms with Gasteiger partial charge in [0.1, 0.15) is 0 Å². The molecular formula is C8H6BrN3S2. The highest BCUT2D eigenvalue weighted by atomic mass is 79.9. The maximum absolute atomic E-state index is 7.16. The Morgan fingerprint density at radius 2 is 2.36 bits per heavy atom. The first-order valence-electron chi connectivity index (χ1n) is 3.76. The highest BCUT2D eigenvalue weighted by molar-refractivity contribution is 9.10. The summed E-state index contributed by atoms with van der Waals surface area (Å²) in [5.41, 5.74) is 1.34. The van der Waals surface area contributed by atoms with Gasteiger partial charge >= 0.3 is 0 Å². The van der Waals surface area contributed by atoms with Gasteiger partial charge in [-0.15, -0.1) is 11.3 Å². The number of thiazole rings is 1. The number of rotatable bonds is 2. The maximum atomic E-state index is 7.16. The van der Waals surface area contributed by atoms with E-state index in [2.05, 4.69) is 25.9 Å². The van der Waals surface area contributed by atoms with Gasteiger partial charge in [-0.1, -0.05) is 11.8 Å². The lowest BCUT2D eigenvalue weighted by atomic mass is 10.4. The minimum absolute atomic E-state index is 0.621. The Morgan fingerprint density at radius 1 is 1.57 bits per heavy atom. The van der Waals surface area contributed by atoms with Crippen LogP contribution in [0.3, 0.4) is 0 Å². The second-order valence-corrected chi connectivity index (χ2v) is 5.44. The summed E-state index contributed by atoms with van der Waals surface area (Å²) in [5.74, 6) is 0. The first-order valence-corrected chi connectivity index (χ1v) is 6.59. The summed E-state index contributed by atoms with van der Waals surface area (Å²) in [6, 6.07) is 1.96. The third-order valence-electron chi connectivity index (χ3n) is 1.66. The smallest absolute Gasteiger partial charge is 0.172 e. The molecule has 0 saturated heterocycles. The van der Waals surface area contributed by atoms with Crippen LogP contribution in [0.2, 0.25) is 0 Å². The van der Waals surface area contributed by atoms with Gasteiger partial charge in [0.15, 0.2) is 9.99 Å². The summed E-state index contributed by atoms with van der Waals surface area (Å²) in [6.07, 6.45) is 3.21. The Hall–Kier alpha value is -0.460. The predicted octanol–water partition coefficient (Wildman–Crippen LogP) is 3.17. The molecule has 0 bridgehead atoms. The molecule has 2 heterocycles. The molecule has 0 aliphatic rings. The SMILES string of the molecule is CSc1nc2nc(C=N)c(Br)cc2s1. The molecule has 1 N–H and O–H groups in total. The van der Waals surface area contributed by atoms with E-state index in [4.69, 9.17) is 5.41 Å². The number of fused-ring (bicyclic) bond motifs is 1. The van der Waals surface area contributed by atoms with Gasteiger partial charge in [0.2, 0.25) is 0 Å². The standard InChI is InChI=1S/C8H6BrN3S2/c1-13-8-12-7-6(14-8)2-4(9)5(3-10)11-7/h2-3,10H,1H3. The molecule has 72 valence electrons. The highest BCUT2D eigenvalue weighted by Crippen LogP contribution is 2.29. The van der Waals surface area contributed by atoms with E-state index in [0.717, 1.165) is 19.2 Å². The lowest BCUT2D eigenvalue weighted by molar-refractivity contribution is 1.22. The van der Waals surface area contributed by atoms with Crippen molar-refractivity contribution in [2.24, 2.45) is 0 Å². The van der Waals surface area contributed by atoms with Crippen molar-refractivity contribution in [3.63, 3.8) is 0 Å². The average Bonchev–Trinajstić information content (AvgIpc) is 2.58. The van der Waals surface area contributed by atoms with E-state index in [1.165, 1.54) is 6.21 Å². The van der Waals surface area contributed by atoms with Crippen LogP contribution in [0.15, 0.2) is 14.9 Å². The van der Waals surface area contributed by atoms with Crippen LogP contribution in [-0.2, 0) is 0 Å². The van der Waals surface area contributed by atoms with Gasteiger partial charge in [0, 0.05) is 10.7 Å². The first-order chi connectivity index (χ1) is 6.74. The summed E-state index contributed by atoms with van der Waals surface area (Å²) in [7, 11) is 0. The number of pyridine rings is 1. The van der Waals surface area contributed by atoms with Crippen LogP contribution >= 0.6 is 39.0 Å². The summed E-state index contributed by atoms with van der Waals surface area (Å²) >= 11 is 6.59. The predicted molar refractivity (Wildman–Crippen MR) is 64.8 cm³/mol. The van der Waals surface area contributed by atoms with Gasteiger partial charge in [-0.3, -0.25) is 0 Å². The van der Waals surface area contributed by atoms with Gasteiger partial charge in [0.25, 0.3) is 0 Å². The maximum Gasteiger partial charge on any atom is 0.172 e. The fourth-order valence-corrected chi connectivity index (χ4v) is 3.07. The molecule has 2 aromatic heterocycles. The molecule has 3 nitrogen and oxygen atoms in total. The van der Waals surface area contributed by atoms with Gasteiger partial charge in [0.05, 0.1) is 10.4 Å². The van der Waals surface area contributed by atoms with Crippen LogP contribution in [0.4, 0.5) is 0 Å². The molecule has 14 heavy (non-hydrogen) atoms. The zero-order chi connectivity index (χ0) is 10.1. The van der Waals surface area contributed by atoms with Crippen LogP contribution < -0.4 is 0 Å². The molecular weight excluding hydrogens is 282 g/mol. The number of halogens is 1. The number of aromatic nitrogens is 2. The van der Waals surface area contributed by atoms with Gasteiger partial charge in [-0.05, 0) is 28.3 Å². The van der Waals surface area contributed by atoms with Gasteiger partial charge < -0.3 is 5.41 Å². The zero-order valence-electron chi connectivity index (χ0n) is 7.24. The monoisotopic (exact) mass is 287 g/mol. The number of nitrogens with one attached hydrogen (secondary N) is 1. The van der Waals surface area contributed by atoms with Crippen molar-refractivity contribution >= 4 is 55.6 Å². The Bertz CT molecular complexity index is 495. The highest BCUT2D eigenvalue weighted by Gasteiger charge is 2.07. The lowest BCUT2D eigenvalue weighted by Gasteiger charge is -1.94. The second kappa shape index (κ2) is 3.96. The molecule has 0 fully saturated rings. The van der Waals surface area contributed by atoms with Crippen LogP contribution in [0.5, 0.6) is 0 Å². The minimum Gasteiger partial charge on any atom is -0.306 e. The van der Waals surface area contributed by atoms with Crippen molar-refractivity contribution in [3.05, 3.63) is 16.2 Å². The van der Waals surface area contributed by atoms with E-state index >= 15 is 0 Å². The topological polar surface area (TPSA) is 49.6 Å². The Balaban J connectivity index is 2.69. The Morgan fingerprint density at radius 3 is 3.00 bits per heavy atom. The largest absolute Gasteiger partial charge is 0.306 e. The average molecular weight is 288 g/mol. The Kier molecular flexibility index (Phi) is 2.85. The molecule has 0 unspecified atom stereocenters. The fraction of sp³-hybridized carbons (Fsp3) is 0.125. The minimum atomic E-state index is 0.621. The second-order valence-electron chi connectivity index (χ2n) is 2.51. The quantitative estimate of drug-likeness (QED) is 0.682. The Labute approximate surface area is 97.6 Å². The van der Waals surface area contributed by atoms with Crippen molar-refractivity contribution in [3.8, 4) is 0 Å². The third-order valence-corrected chi connectivity index (χ3v) is 4.27. The van der Waals surface area contributed by atoms with Crippen molar-refractivity contribution < 1.29 is 0 Å². The van der Waals surface area contributed by atoms with Gasteiger partial charge in [-0.25, -0.2) is 9.97 Å². The summed E-state index contributed by atoms with van der Waals surface area (Å²) < 4.78 is 2.89. The molecule has 0 amide bonds. The molecule has 0 aliphatic carbocycles. The van der Waals surface area contributed by atoms with Crippen LogP contribution in [-0.4, -0.2) is 22.4 Å². The number of hydrogen-bond acceptors (Lipinski definition) is 5. The summed E-state index contributed by atoms with van der Waals surface area (Å²) in [5, 5.41) is 7.16. The molecule has 0 aliphatic heterocycles. The fourth-order valence-electron chi connectivity index (χ4n) is 1.02. The number of nitrogens with zero attached hydrogens (tertiary/aromatic N) is 2. The van der Waals surface area contributed by atoms with Gasteiger partial charge in [-0.2, -0.15) is 0 Å². The van der Waals surface area contributed by atoms with E-state index < -0.39 is 0 Å². The first kappa shape index (κ1) is 10.1. The van der Waals surface area contributed by atoms with Crippen LogP contribution in [0, 0.1) is 5.41 Å². The molecule has 2 aromatic rings. The van der Waals surface area contributed by atoms with Crippen molar-refractivity contribution in [2.45, 2.75) is 4.34 Å². The van der Waals surface area contributed by atoms with E-state index in [-0.39, 0.29) is 0 Å². The normalized spacial score (nSPS) is 10.7. The summed E-state index contributed by atoms with van der Waals surface area (Å²) in [4.78, 5) is 8.59.